The van der Waals surface area contributed by atoms with Crippen LogP contribution in [0.4, 0.5) is 0 Å². The van der Waals surface area contributed by atoms with Gasteiger partial charge in [-0.2, -0.15) is 0 Å². The molecular weight excluding hydrogens is 364 g/mol. The molecule has 0 spiro atoms. The highest BCUT2D eigenvalue weighted by atomic mass is 16.5. The molecule has 1 unspecified atom stereocenters. The second kappa shape index (κ2) is 8.13. The molecule has 29 heavy (non-hydrogen) atoms. The minimum atomic E-state index is 0.268. The van der Waals surface area contributed by atoms with Gasteiger partial charge in [-0.15, -0.1) is 0 Å². The molecule has 0 bridgehead atoms. The molecule has 1 aromatic carbocycles. The van der Waals surface area contributed by atoms with Gasteiger partial charge in [-0.1, -0.05) is 6.07 Å². The van der Waals surface area contributed by atoms with E-state index in [2.05, 4.69) is 49.9 Å². The van der Waals surface area contributed by atoms with Crippen LogP contribution in [0.5, 0.6) is 5.75 Å². The van der Waals surface area contributed by atoms with Gasteiger partial charge in [0.1, 0.15) is 17.7 Å². The summed E-state index contributed by atoms with van der Waals surface area (Å²) in [6.45, 7) is 6.56. The van der Waals surface area contributed by atoms with Crippen LogP contribution in [0.3, 0.4) is 0 Å². The maximum absolute atomic E-state index is 6.46. The Labute approximate surface area is 171 Å². The summed E-state index contributed by atoms with van der Waals surface area (Å²) in [5.41, 5.74) is 2.42. The Morgan fingerprint density at radius 3 is 2.69 bits per heavy atom. The summed E-state index contributed by atoms with van der Waals surface area (Å²) >= 11 is 0. The van der Waals surface area contributed by atoms with Crippen LogP contribution >= 0.6 is 0 Å². The fourth-order valence-corrected chi connectivity index (χ4v) is 4.45. The highest BCUT2D eigenvalue weighted by Gasteiger charge is 2.23. The third kappa shape index (κ3) is 4.00. The molecule has 0 radical (unpaired) electrons. The minimum absolute atomic E-state index is 0.268. The predicted octanol–water partition coefficient (Wildman–Crippen LogP) is 3.74. The van der Waals surface area contributed by atoms with Crippen molar-refractivity contribution in [2.24, 2.45) is 0 Å². The quantitative estimate of drug-likeness (QED) is 0.662. The largest absolute Gasteiger partial charge is 0.490 e. The molecular formula is C23H28N4O2. The molecule has 0 N–H and O–H groups in total. The molecule has 5 rings (SSSR count). The number of likely N-dealkylation sites (tertiary alicyclic amines) is 1. The number of ether oxygens (including phenoxy) is 2. The van der Waals surface area contributed by atoms with Crippen LogP contribution in [0.15, 0.2) is 42.9 Å². The van der Waals surface area contributed by atoms with E-state index < -0.39 is 0 Å². The maximum Gasteiger partial charge on any atom is 0.129 e. The summed E-state index contributed by atoms with van der Waals surface area (Å²) < 4.78 is 14.4. The lowest BCUT2D eigenvalue weighted by atomic mass is 10.1. The number of rotatable bonds is 5. The zero-order valence-corrected chi connectivity index (χ0v) is 17.0. The minimum Gasteiger partial charge on any atom is -0.490 e. The lowest BCUT2D eigenvalue weighted by molar-refractivity contribution is 0.0978. The van der Waals surface area contributed by atoms with Crippen molar-refractivity contribution >= 4 is 10.9 Å². The molecule has 6 nitrogen and oxygen atoms in total. The third-order valence-corrected chi connectivity index (χ3v) is 6.09. The van der Waals surface area contributed by atoms with Crippen LogP contribution in [0.1, 0.15) is 36.7 Å². The van der Waals surface area contributed by atoms with Gasteiger partial charge >= 0.3 is 0 Å². The number of aromatic nitrogens is 3. The Kier molecular flexibility index (Phi) is 5.21. The molecule has 0 amide bonds. The van der Waals surface area contributed by atoms with Gasteiger partial charge in [0.2, 0.25) is 0 Å². The Bertz CT molecular complexity index is 955. The number of aryl methyl sites for hydroxylation is 1. The summed E-state index contributed by atoms with van der Waals surface area (Å²) in [6, 6.07) is 9.03. The van der Waals surface area contributed by atoms with E-state index in [0.29, 0.717) is 6.04 Å². The van der Waals surface area contributed by atoms with Gasteiger partial charge in [0.25, 0.3) is 0 Å². The van der Waals surface area contributed by atoms with Gasteiger partial charge in [0.05, 0.1) is 18.2 Å². The third-order valence-electron chi connectivity index (χ3n) is 6.09. The molecule has 2 aliphatic rings. The average molecular weight is 393 g/mol. The Morgan fingerprint density at radius 2 is 1.93 bits per heavy atom. The van der Waals surface area contributed by atoms with Crippen LogP contribution in [0.25, 0.3) is 10.9 Å². The van der Waals surface area contributed by atoms with Crippen LogP contribution in [-0.4, -0.2) is 51.8 Å². The van der Waals surface area contributed by atoms with E-state index in [1.54, 1.807) is 0 Å². The molecule has 3 aromatic rings. The standard InChI is InChI=1S/C23H28N4O2/c1-17-24-13-18(14-25-17)15-26-9-5-20(6-10-26)29-23-4-2-3-22-21(23)7-11-27(22)19-8-12-28-16-19/h2-4,7,11,13-14,19-20H,5-6,8-10,12,15-16H2,1H3. The molecule has 1 atom stereocenters. The van der Waals surface area contributed by atoms with Crippen molar-refractivity contribution in [3.05, 3.63) is 54.2 Å². The van der Waals surface area contributed by atoms with Crippen molar-refractivity contribution < 1.29 is 9.47 Å². The fraction of sp³-hybridized carbons (Fsp3) is 0.478. The first-order valence-electron chi connectivity index (χ1n) is 10.6. The molecule has 6 heteroatoms. The Balaban J connectivity index is 1.22. The van der Waals surface area contributed by atoms with Crippen LogP contribution < -0.4 is 4.74 Å². The average Bonchev–Trinajstić information content (AvgIpc) is 3.41. The fourth-order valence-electron chi connectivity index (χ4n) is 4.45. The second-order valence-electron chi connectivity index (χ2n) is 8.16. The number of fused-ring (bicyclic) bond motifs is 1. The van der Waals surface area contributed by atoms with Crippen molar-refractivity contribution in [3.63, 3.8) is 0 Å². The lowest BCUT2D eigenvalue weighted by Gasteiger charge is -2.32. The zero-order chi connectivity index (χ0) is 19.6. The first-order chi connectivity index (χ1) is 14.3. The van der Waals surface area contributed by atoms with Crippen molar-refractivity contribution in [1.29, 1.82) is 0 Å². The van der Waals surface area contributed by atoms with E-state index in [4.69, 9.17) is 9.47 Å². The number of nitrogens with zero attached hydrogens (tertiary/aromatic N) is 4. The monoisotopic (exact) mass is 392 g/mol. The molecule has 2 saturated heterocycles. The molecule has 2 fully saturated rings. The van der Waals surface area contributed by atoms with E-state index in [0.717, 1.165) is 63.7 Å². The lowest BCUT2D eigenvalue weighted by Crippen LogP contribution is -2.37. The topological polar surface area (TPSA) is 52.4 Å². The van der Waals surface area contributed by atoms with Gasteiger partial charge in [0.15, 0.2) is 0 Å². The van der Waals surface area contributed by atoms with E-state index in [-0.39, 0.29) is 6.10 Å². The molecule has 0 saturated carbocycles. The number of benzene rings is 1. The highest BCUT2D eigenvalue weighted by molar-refractivity contribution is 5.86. The van der Waals surface area contributed by atoms with E-state index in [1.807, 2.05) is 19.3 Å². The first kappa shape index (κ1) is 18.6. The van der Waals surface area contributed by atoms with Crippen molar-refractivity contribution in [2.45, 2.75) is 44.9 Å². The second-order valence-corrected chi connectivity index (χ2v) is 8.16. The van der Waals surface area contributed by atoms with Gasteiger partial charge < -0.3 is 14.0 Å². The van der Waals surface area contributed by atoms with Crippen LogP contribution in [0.2, 0.25) is 0 Å². The van der Waals surface area contributed by atoms with E-state index in [9.17, 15) is 0 Å². The summed E-state index contributed by atoms with van der Waals surface area (Å²) in [5, 5.41) is 1.21. The van der Waals surface area contributed by atoms with Gasteiger partial charge in [0, 0.05) is 55.8 Å². The van der Waals surface area contributed by atoms with Crippen molar-refractivity contribution in [1.82, 2.24) is 19.4 Å². The van der Waals surface area contributed by atoms with Gasteiger partial charge in [-0.3, -0.25) is 4.90 Å². The number of piperidine rings is 1. The van der Waals surface area contributed by atoms with E-state index >= 15 is 0 Å². The smallest absolute Gasteiger partial charge is 0.129 e. The van der Waals surface area contributed by atoms with Crippen molar-refractivity contribution in [2.75, 3.05) is 26.3 Å². The van der Waals surface area contributed by atoms with Gasteiger partial charge in [-0.25, -0.2) is 9.97 Å². The molecule has 152 valence electrons. The summed E-state index contributed by atoms with van der Waals surface area (Å²) in [7, 11) is 0. The molecule has 0 aliphatic carbocycles. The van der Waals surface area contributed by atoms with E-state index in [1.165, 1.54) is 16.5 Å². The summed E-state index contributed by atoms with van der Waals surface area (Å²) in [5.74, 6) is 1.83. The van der Waals surface area contributed by atoms with Crippen LogP contribution in [0, 0.1) is 6.92 Å². The van der Waals surface area contributed by atoms with Gasteiger partial charge in [-0.05, 0) is 44.4 Å². The normalized spacial score (nSPS) is 21.1. The SMILES string of the molecule is Cc1ncc(CN2CCC(Oc3cccc4c3ccn4C3CCOC3)CC2)cn1. The Morgan fingerprint density at radius 1 is 1.10 bits per heavy atom. The first-order valence-corrected chi connectivity index (χ1v) is 10.6. The molecule has 2 aliphatic heterocycles. The van der Waals surface area contributed by atoms with Crippen LogP contribution in [-0.2, 0) is 11.3 Å². The molecule has 2 aromatic heterocycles. The van der Waals surface area contributed by atoms with Crippen molar-refractivity contribution in [3.8, 4) is 5.75 Å². The highest BCUT2D eigenvalue weighted by Crippen LogP contribution is 2.32. The number of hydrogen-bond donors (Lipinski definition) is 0. The number of hydrogen-bond acceptors (Lipinski definition) is 5. The summed E-state index contributed by atoms with van der Waals surface area (Å²) in [4.78, 5) is 11.1. The maximum atomic E-state index is 6.46. The molecule has 4 heterocycles. The predicted molar refractivity (Wildman–Crippen MR) is 112 cm³/mol. The zero-order valence-electron chi connectivity index (χ0n) is 17.0. The summed E-state index contributed by atoms with van der Waals surface area (Å²) in [6.07, 6.45) is 9.49. The Hall–Kier alpha value is -2.44.